The number of ether oxygens (including phenoxy) is 2. The summed E-state index contributed by atoms with van der Waals surface area (Å²) in [6.07, 6.45) is -1.04. The number of carbonyl (C=O) groups is 2. The molecule has 0 aromatic heterocycles. The number of likely N-dealkylation sites (N-methyl/N-ethyl adjacent to an activating group) is 1. The van der Waals surface area contributed by atoms with Crippen LogP contribution < -0.4 is 15.5 Å². The first-order valence-corrected chi connectivity index (χ1v) is 9.35. The molecule has 8 nitrogen and oxygen atoms in total. The van der Waals surface area contributed by atoms with Gasteiger partial charge in [0.2, 0.25) is 5.91 Å². The minimum Gasteiger partial charge on any atom is -0.474 e. The van der Waals surface area contributed by atoms with E-state index < -0.39 is 18.0 Å². The van der Waals surface area contributed by atoms with Crippen LogP contribution in [0.4, 0.5) is 20.6 Å². The highest BCUT2D eigenvalue weighted by atomic mass is 32.1. The molecule has 2 rings (SSSR count). The number of benzene rings is 1. The monoisotopic (exact) mass is 412 g/mol. The quantitative estimate of drug-likeness (QED) is 0.632. The maximum Gasteiger partial charge on any atom is 0.414 e. The Bertz CT molecular complexity index is 734. The Balaban J connectivity index is 1.94. The van der Waals surface area contributed by atoms with Crippen molar-refractivity contribution in [2.24, 2.45) is 0 Å². The zero-order valence-corrected chi connectivity index (χ0v) is 17.0. The first-order valence-electron chi connectivity index (χ1n) is 8.94. The van der Waals surface area contributed by atoms with Crippen molar-refractivity contribution < 1.29 is 23.5 Å². The summed E-state index contributed by atoms with van der Waals surface area (Å²) >= 11 is 5.09. The summed E-state index contributed by atoms with van der Waals surface area (Å²) < 4.78 is 24.7. The van der Waals surface area contributed by atoms with Crippen molar-refractivity contribution in [2.45, 2.75) is 20.0 Å². The number of cyclic esters (lactones) is 1. The molecule has 1 aliphatic heterocycles. The second-order valence-corrected chi connectivity index (χ2v) is 6.54. The SMILES string of the molecule is CCN(CCNc1ccc(N2CC(CNC(C)=O)OC2=O)cc1F)C(=S)OC. The zero-order chi connectivity index (χ0) is 20.7. The molecule has 2 amide bonds. The van der Waals surface area contributed by atoms with E-state index in [2.05, 4.69) is 10.6 Å². The summed E-state index contributed by atoms with van der Waals surface area (Å²) in [7, 11) is 1.51. The zero-order valence-electron chi connectivity index (χ0n) is 16.2. The molecule has 0 spiro atoms. The van der Waals surface area contributed by atoms with Crippen LogP contribution in [0.1, 0.15) is 13.8 Å². The summed E-state index contributed by atoms with van der Waals surface area (Å²) in [5.74, 6) is -0.683. The summed E-state index contributed by atoms with van der Waals surface area (Å²) in [5, 5.41) is 6.00. The second kappa shape index (κ2) is 10.1. The van der Waals surface area contributed by atoms with E-state index in [1.165, 1.54) is 25.0 Å². The van der Waals surface area contributed by atoms with E-state index in [9.17, 15) is 14.0 Å². The van der Waals surface area contributed by atoms with E-state index in [1.807, 2.05) is 11.8 Å². The molecule has 10 heteroatoms. The van der Waals surface area contributed by atoms with Gasteiger partial charge >= 0.3 is 6.09 Å². The average Bonchev–Trinajstić information content (AvgIpc) is 3.04. The van der Waals surface area contributed by atoms with E-state index in [-0.39, 0.29) is 19.0 Å². The van der Waals surface area contributed by atoms with Gasteiger partial charge in [0.05, 0.1) is 31.6 Å². The third-order valence-corrected chi connectivity index (χ3v) is 4.65. The fourth-order valence-corrected chi connectivity index (χ4v) is 2.97. The lowest BCUT2D eigenvalue weighted by molar-refractivity contribution is -0.119. The molecule has 0 bridgehead atoms. The number of nitrogens with zero attached hydrogens (tertiary/aromatic N) is 2. The van der Waals surface area contributed by atoms with Crippen molar-refractivity contribution in [1.82, 2.24) is 10.2 Å². The van der Waals surface area contributed by atoms with Gasteiger partial charge in [-0.2, -0.15) is 0 Å². The fourth-order valence-electron chi connectivity index (χ4n) is 2.74. The number of halogens is 1. The molecular formula is C18H25FN4O4S. The van der Waals surface area contributed by atoms with Gasteiger partial charge in [0, 0.05) is 26.6 Å². The molecule has 28 heavy (non-hydrogen) atoms. The van der Waals surface area contributed by atoms with Crippen LogP contribution in [0.3, 0.4) is 0 Å². The molecule has 154 valence electrons. The predicted octanol–water partition coefficient (Wildman–Crippen LogP) is 1.95. The summed E-state index contributed by atoms with van der Waals surface area (Å²) in [6, 6.07) is 4.50. The van der Waals surface area contributed by atoms with Crippen LogP contribution in [0.5, 0.6) is 0 Å². The molecule has 1 atom stereocenters. The van der Waals surface area contributed by atoms with Crippen molar-refractivity contribution >= 4 is 40.8 Å². The lowest BCUT2D eigenvalue weighted by Crippen LogP contribution is -2.34. The van der Waals surface area contributed by atoms with Gasteiger partial charge in [-0.1, -0.05) is 0 Å². The Kier molecular flexibility index (Phi) is 7.80. The number of thiocarbonyl (C=S) groups is 1. The minimum absolute atomic E-state index is 0.205. The number of carbonyl (C=O) groups excluding carboxylic acids is 2. The Morgan fingerprint density at radius 2 is 2.25 bits per heavy atom. The normalized spacial score (nSPS) is 15.8. The van der Waals surface area contributed by atoms with Crippen molar-refractivity contribution in [1.29, 1.82) is 0 Å². The topological polar surface area (TPSA) is 83.1 Å². The third kappa shape index (κ3) is 5.69. The predicted molar refractivity (Wildman–Crippen MR) is 108 cm³/mol. The molecule has 1 heterocycles. The number of methoxy groups -OCH3 is 1. The Morgan fingerprint density at radius 3 is 2.86 bits per heavy atom. The molecule has 1 aromatic rings. The first kappa shape index (κ1) is 21.7. The molecule has 0 radical (unpaired) electrons. The number of anilines is 2. The van der Waals surface area contributed by atoms with E-state index in [1.54, 1.807) is 12.1 Å². The van der Waals surface area contributed by atoms with Crippen molar-refractivity contribution in [2.75, 3.05) is 50.1 Å². The summed E-state index contributed by atoms with van der Waals surface area (Å²) in [5.41, 5.74) is 0.722. The number of rotatable bonds is 8. The number of amides is 2. The Labute approximate surface area is 168 Å². The molecular weight excluding hydrogens is 387 g/mol. The molecule has 1 fully saturated rings. The Morgan fingerprint density at radius 1 is 1.50 bits per heavy atom. The molecule has 1 aliphatic rings. The van der Waals surface area contributed by atoms with Crippen LogP contribution in [0.15, 0.2) is 18.2 Å². The fraction of sp³-hybridized carbons (Fsp3) is 0.500. The van der Waals surface area contributed by atoms with Gasteiger partial charge in [-0.3, -0.25) is 9.69 Å². The van der Waals surface area contributed by atoms with Gasteiger partial charge in [0.15, 0.2) is 0 Å². The van der Waals surface area contributed by atoms with Gasteiger partial charge < -0.3 is 25.0 Å². The van der Waals surface area contributed by atoms with E-state index in [0.29, 0.717) is 36.2 Å². The first-order chi connectivity index (χ1) is 13.3. The summed E-state index contributed by atoms with van der Waals surface area (Å²) in [4.78, 5) is 26.2. The van der Waals surface area contributed by atoms with Crippen LogP contribution >= 0.6 is 12.2 Å². The molecule has 1 saturated heterocycles. The average molecular weight is 412 g/mol. The van der Waals surface area contributed by atoms with Crippen LogP contribution in [0.2, 0.25) is 0 Å². The maximum absolute atomic E-state index is 14.5. The maximum atomic E-state index is 14.5. The van der Waals surface area contributed by atoms with E-state index in [0.717, 1.165) is 0 Å². The molecule has 0 saturated carbocycles. The largest absolute Gasteiger partial charge is 0.474 e. The third-order valence-electron chi connectivity index (χ3n) is 4.23. The lowest BCUT2D eigenvalue weighted by atomic mass is 10.2. The standard InChI is InChI=1S/C18H25FN4O4S/c1-4-22(18(28)26-3)8-7-20-16-6-5-13(9-15(16)19)23-11-14(27-17(23)25)10-21-12(2)24/h5-6,9,14,20H,4,7-8,10-11H2,1-3H3,(H,21,24). The van der Waals surface area contributed by atoms with Gasteiger partial charge in [-0.25, -0.2) is 9.18 Å². The van der Waals surface area contributed by atoms with Gasteiger partial charge in [0.1, 0.15) is 11.9 Å². The van der Waals surface area contributed by atoms with E-state index >= 15 is 0 Å². The van der Waals surface area contributed by atoms with Crippen molar-refractivity contribution in [3.63, 3.8) is 0 Å². The smallest absolute Gasteiger partial charge is 0.414 e. The molecule has 0 aliphatic carbocycles. The van der Waals surface area contributed by atoms with Crippen LogP contribution in [-0.4, -0.2) is 68.0 Å². The highest BCUT2D eigenvalue weighted by Crippen LogP contribution is 2.25. The second-order valence-electron chi connectivity index (χ2n) is 6.19. The Hall–Kier alpha value is -2.62. The summed E-state index contributed by atoms with van der Waals surface area (Å²) in [6.45, 7) is 5.52. The molecule has 1 aromatic carbocycles. The van der Waals surface area contributed by atoms with Gasteiger partial charge in [0.25, 0.3) is 5.17 Å². The van der Waals surface area contributed by atoms with Crippen molar-refractivity contribution in [3.8, 4) is 0 Å². The van der Waals surface area contributed by atoms with Gasteiger partial charge in [-0.15, -0.1) is 0 Å². The number of hydrogen-bond acceptors (Lipinski definition) is 6. The van der Waals surface area contributed by atoms with Crippen LogP contribution in [0, 0.1) is 5.82 Å². The number of nitrogens with one attached hydrogen (secondary N) is 2. The number of hydrogen-bond donors (Lipinski definition) is 2. The van der Waals surface area contributed by atoms with Crippen LogP contribution in [-0.2, 0) is 14.3 Å². The van der Waals surface area contributed by atoms with Crippen LogP contribution in [0.25, 0.3) is 0 Å². The lowest BCUT2D eigenvalue weighted by Gasteiger charge is -2.22. The van der Waals surface area contributed by atoms with E-state index in [4.69, 9.17) is 21.7 Å². The van der Waals surface area contributed by atoms with Gasteiger partial charge in [-0.05, 0) is 37.3 Å². The highest BCUT2D eigenvalue weighted by Gasteiger charge is 2.32. The highest BCUT2D eigenvalue weighted by molar-refractivity contribution is 7.80. The molecule has 2 N–H and O–H groups in total. The minimum atomic E-state index is -0.567. The van der Waals surface area contributed by atoms with Crippen molar-refractivity contribution in [3.05, 3.63) is 24.0 Å². The molecule has 1 unspecified atom stereocenters.